The van der Waals surface area contributed by atoms with Gasteiger partial charge in [-0.2, -0.15) is 0 Å². The smallest absolute Gasteiger partial charge is 0.269 e. The summed E-state index contributed by atoms with van der Waals surface area (Å²) in [4.78, 5) is 27.7. The number of nitro groups is 1. The Morgan fingerprint density at radius 2 is 2.00 bits per heavy atom. The summed E-state index contributed by atoms with van der Waals surface area (Å²) in [5.41, 5.74) is 0.490. The van der Waals surface area contributed by atoms with Crippen molar-refractivity contribution in [3.63, 3.8) is 0 Å². The van der Waals surface area contributed by atoms with Crippen molar-refractivity contribution in [2.75, 3.05) is 0 Å². The third kappa shape index (κ3) is 2.92. The number of non-ortho nitro benzene ring substituents is 1. The minimum Gasteiger partial charge on any atom is -0.310 e. The van der Waals surface area contributed by atoms with Gasteiger partial charge in [0, 0.05) is 24.6 Å². The van der Waals surface area contributed by atoms with Crippen LogP contribution in [0.5, 0.6) is 0 Å². The Hall–Kier alpha value is -2.21. The van der Waals surface area contributed by atoms with E-state index in [4.69, 9.17) is 11.6 Å². The van der Waals surface area contributed by atoms with Gasteiger partial charge in [-0.1, -0.05) is 23.7 Å². The predicted molar refractivity (Wildman–Crippen MR) is 65.8 cm³/mol. The van der Waals surface area contributed by atoms with Gasteiger partial charge in [0.1, 0.15) is 11.0 Å². The summed E-state index contributed by atoms with van der Waals surface area (Å²) >= 11 is 5.66. The summed E-state index contributed by atoms with van der Waals surface area (Å²) in [5, 5.41) is 10.6. The molecule has 0 saturated heterocycles. The van der Waals surface area contributed by atoms with E-state index in [-0.39, 0.29) is 16.4 Å². The topological polar surface area (TPSA) is 88.9 Å². The normalized spacial score (nSPS) is 10.3. The lowest BCUT2D eigenvalue weighted by Crippen LogP contribution is -2.10. The van der Waals surface area contributed by atoms with E-state index in [1.165, 1.54) is 18.2 Å². The molecule has 1 aromatic carbocycles. The van der Waals surface area contributed by atoms with Crippen LogP contribution in [0.3, 0.4) is 0 Å². The molecule has 0 fully saturated rings. The molecule has 0 aliphatic heterocycles. The molecular formula is C11H8ClN3O3. The number of halogens is 1. The van der Waals surface area contributed by atoms with Crippen molar-refractivity contribution in [2.24, 2.45) is 0 Å². The minimum atomic E-state index is -0.469. The Bertz CT molecular complexity index is 637. The first kappa shape index (κ1) is 12.3. The number of hydrogen-bond donors (Lipinski definition) is 1. The quantitative estimate of drug-likeness (QED) is 0.522. The SMILES string of the molecule is O=c1cc(Cl)nc(Cc2ccc([N+](=O)[O-])cc2)[nH]1. The first-order chi connectivity index (χ1) is 8.54. The van der Waals surface area contributed by atoms with E-state index in [1.807, 2.05) is 0 Å². The van der Waals surface area contributed by atoms with E-state index in [2.05, 4.69) is 9.97 Å². The maximum absolute atomic E-state index is 11.2. The van der Waals surface area contributed by atoms with Crippen LogP contribution >= 0.6 is 11.6 Å². The number of benzene rings is 1. The van der Waals surface area contributed by atoms with Crippen LogP contribution in [0.1, 0.15) is 11.4 Å². The van der Waals surface area contributed by atoms with Gasteiger partial charge in [0.25, 0.3) is 11.2 Å². The number of nitro benzene ring substituents is 1. The van der Waals surface area contributed by atoms with Crippen molar-refractivity contribution in [3.8, 4) is 0 Å². The molecule has 6 nitrogen and oxygen atoms in total. The summed E-state index contributed by atoms with van der Waals surface area (Å²) in [6.07, 6.45) is 0.355. The summed E-state index contributed by atoms with van der Waals surface area (Å²) in [5.74, 6) is 0.418. The minimum absolute atomic E-state index is 0.0197. The van der Waals surface area contributed by atoms with Gasteiger partial charge < -0.3 is 4.98 Å². The van der Waals surface area contributed by atoms with Gasteiger partial charge in [0.2, 0.25) is 0 Å². The van der Waals surface area contributed by atoms with Crippen LogP contribution in [0, 0.1) is 10.1 Å². The first-order valence-corrected chi connectivity index (χ1v) is 5.41. The molecule has 1 N–H and O–H groups in total. The lowest BCUT2D eigenvalue weighted by atomic mass is 10.1. The fourth-order valence-corrected chi connectivity index (χ4v) is 1.69. The van der Waals surface area contributed by atoms with Crippen LogP contribution in [-0.4, -0.2) is 14.9 Å². The van der Waals surface area contributed by atoms with Gasteiger partial charge in [-0.15, -0.1) is 0 Å². The maximum Gasteiger partial charge on any atom is 0.269 e. The van der Waals surface area contributed by atoms with E-state index >= 15 is 0 Å². The number of aromatic amines is 1. The second-order valence-corrected chi connectivity index (χ2v) is 4.00. The molecule has 0 bridgehead atoms. The molecular weight excluding hydrogens is 258 g/mol. The van der Waals surface area contributed by atoms with Crippen LogP contribution in [0.25, 0.3) is 0 Å². The highest BCUT2D eigenvalue weighted by atomic mass is 35.5. The van der Waals surface area contributed by atoms with Gasteiger partial charge in [-0.05, 0) is 5.56 Å². The van der Waals surface area contributed by atoms with E-state index < -0.39 is 4.92 Å². The average molecular weight is 266 g/mol. The summed E-state index contributed by atoms with van der Waals surface area (Å²) < 4.78 is 0. The monoisotopic (exact) mass is 265 g/mol. The molecule has 18 heavy (non-hydrogen) atoms. The molecule has 0 spiro atoms. The molecule has 0 atom stereocenters. The van der Waals surface area contributed by atoms with Crippen molar-refractivity contribution in [1.82, 2.24) is 9.97 Å². The standard InChI is InChI=1S/C11H8ClN3O3/c12-9-6-11(16)14-10(13-9)5-7-1-3-8(4-2-7)15(17)18/h1-4,6H,5H2,(H,13,14,16). The van der Waals surface area contributed by atoms with Gasteiger partial charge in [0.05, 0.1) is 4.92 Å². The van der Waals surface area contributed by atoms with Crippen LogP contribution in [0.15, 0.2) is 35.1 Å². The van der Waals surface area contributed by atoms with E-state index in [0.29, 0.717) is 12.2 Å². The van der Waals surface area contributed by atoms with E-state index in [0.717, 1.165) is 5.56 Å². The molecule has 2 rings (SSSR count). The van der Waals surface area contributed by atoms with Crippen LogP contribution < -0.4 is 5.56 Å². The Labute approximate surface area is 106 Å². The van der Waals surface area contributed by atoms with Crippen molar-refractivity contribution in [2.45, 2.75) is 6.42 Å². The lowest BCUT2D eigenvalue weighted by molar-refractivity contribution is -0.384. The predicted octanol–water partition coefficient (Wildman–Crippen LogP) is 1.92. The Morgan fingerprint density at radius 3 is 2.56 bits per heavy atom. The average Bonchev–Trinajstić information content (AvgIpc) is 2.28. The maximum atomic E-state index is 11.2. The molecule has 92 valence electrons. The Kier molecular flexibility index (Phi) is 3.38. The molecule has 7 heteroatoms. The molecule has 1 heterocycles. The zero-order valence-electron chi connectivity index (χ0n) is 9.09. The second-order valence-electron chi connectivity index (χ2n) is 3.62. The molecule has 0 aliphatic carbocycles. The fraction of sp³-hybridized carbons (Fsp3) is 0.0909. The van der Waals surface area contributed by atoms with Crippen LogP contribution in [0.2, 0.25) is 5.15 Å². The van der Waals surface area contributed by atoms with Crippen molar-refractivity contribution in [1.29, 1.82) is 0 Å². The number of hydrogen-bond acceptors (Lipinski definition) is 4. The van der Waals surface area contributed by atoms with Gasteiger partial charge in [-0.25, -0.2) is 4.98 Å². The number of H-pyrrole nitrogens is 1. The molecule has 0 aliphatic rings. The number of aromatic nitrogens is 2. The molecule has 1 aromatic heterocycles. The summed E-state index contributed by atoms with van der Waals surface area (Å²) in [7, 11) is 0. The summed E-state index contributed by atoms with van der Waals surface area (Å²) in [6, 6.07) is 7.20. The second kappa shape index (κ2) is 4.97. The van der Waals surface area contributed by atoms with Crippen molar-refractivity contribution < 1.29 is 4.92 Å². The van der Waals surface area contributed by atoms with Crippen LogP contribution in [-0.2, 0) is 6.42 Å². The highest BCUT2D eigenvalue weighted by Gasteiger charge is 2.06. The molecule has 2 aromatic rings. The molecule has 0 radical (unpaired) electrons. The first-order valence-electron chi connectivity index (χ1n) is 5.03. The summed E-state index contributed by atoms with van der Waals surface area (Å²) in [6.45, 7) is 0. The van der Waals surface area contributed by atoms with Gasteiger partial charge in [0.15, 0.2) is 0 Å². The Morgan fingerprint density at radius 1 is 1.33 bits per heavy atom. The fourth-order valence-electron chi connectivity index (χ4n) is 1.49. The third-order valence-electron chi connectivity index (χ3n) is 2.28. The zero-order chi connectivity index (χ0) is 13.1. The van der Waals surface area contributed by atoms with Gasteiger partial charge >= 0.3 is 0 Å². The number of nitrogens with one attached hydrogen (secondary N) is 1. The number of nitrogens with zero attached hydrogens (tertiary/aromatic N) is 2. The lowest BCUT2D eigenvalue weighted by Gasteiger charge is -2.01. The molecule has 0 saturated carbocycles. The van der Waals surface area contributed by atoms with Crippen molar-refractivity contribution in [3.05, 3.63) is 67.3 Å². The largest absolute Gasteiger partial charge is 0.310 e. The molecule has 0 unspecified atom stereocenters. The van der Waals surface area contributed by atoms with Gasteiger partial charge in [-0.3, -0.25) is 14.9 Å². The number of rotatable bonds is 3. The Balaban J connectivity index is 2.23. The van der Waals surface area contributed by atoms with Crippen molar-refractivity contribution >= 4 is 17.3 Å². The zero-order valence-corrected chi connectivity index (χ0v) is 9.85. The van der Waals surface area contributed by atoms with E-state index in [9.17, 15) is 14.9 Å². The third-order valence-corrected chi connectivity index (χ3v) is 2.47. The van der Waals surface area contributed by atoms with Crippen LogP contribution in [0.4, 0.5) is 5.69 Å². The highest BCUT2D eigenvalue weighted by Crippen LogP contribution is 2.13. The highest BCUT2D eigenvalue weighted by molar-refractivity contribution is 6.29. The van der Waals surface area contributed by atoms with E-state index in [1.54, 1.807) is 12.1 Å². The molecule has 0 amide bonds.